The molecular formula is C19H23N3O3S. The van der Waals surface area contributed by atoms with E-state index in [0.717, 1.165) is 19.3 Å². The van der Waals surface area contributed by atoms with Gasteiger partial charge in [0.15, 0.2) is 0 Å². The van der Waals surface area contributed by atoms with Crippen LogP contribution in [-0.2, 0) is 14.8 Å². The van der Waals surface area contributed by atoms with E-state index >= 15 is 0 Å². The van der Waals surface area contributed by atoms with Gasteiger partial charge in [0.1, 0.15) is 0 Å². The number of hydrogen-bond acceptors (Lipinski definition) is 4. The van der Waals surface area contributed by atoms with Gasteiger partial charge in [0.2, 0.25) is 5.91 Å². The van der Waals surface area contributed by atoms with Gasteiger partial charge >= 0.3 is 0 Å². The van der Waals surface area contributed by atoms with Crippen molar-refractivity contribution < 1.29 is 13.2 Å². The van der Waals surface area contributed by atoms with Crippen LogP contribution in [0.4, 0.5) is 11.4 Å². The normalized spacial score (nSPS) is 19.9. The quantitative estimate of drug-likeness (QED) is 0.725. The summed E-state index contributed by atoms with van der Waals surface area (Å²) >= 11 is 0. The highest BCUT2D eigenvalue weighted by atomic mass is 32.2. The lowest BCUT2D eigenvalue weighted by molar-refractivity contribution is -0.120. The van der Waals surface area contributed by atoms with Gasteiger partial charge in [0, 0.05) is 11.6 Å². The summed E-state index contributed by atoms with van der Waals surface area (Å²) in [5.74, 6) is 0.0837. The minimum absolute atomic E-state index is 0.0546. The Hall–Kier alpha value is -2.38. The van der Waals surface area contributed by atoms with Gasteiger partial charge in [-0.25, -0.2) is 8.42 Å². The van der Waals surface area contributed by atoms with Crippen molar-refractivity contribution in [2.24, 2.45) is 17.6 Å². The molecule has 2 atom stereocenters. The monoisotopic (exact) mass is 373 g/mol. The third-order valence-electron chi connectivity index (χ3n) is 4.73. The molecule has 0 saturated heterocycles. The number of rotatable bonds is 6. The van der Waals surface area contributed by atoms with Crippen molar-refractivity contribution in [1.29, 1.82) is 0 Å². The van der Waals surface area contributed by atoms with Gasteiger partial charge in [0.05, 0.1) is 10.6 Å². The SMILES string of the molecule is NC[C@H]1CCC[C@H]1C(=O)Nc1cccc(NS(=O)(=O)c2ccccc2)c1. The van der Waals surface area contributed by atoms with Gasteiger partial charge in [-0.05, 0) is 55.6 Å². The van der Waals surface area contributed by atoms with E-state index in [-0.39, 0.29) is 22.6 Å². The van der Waals surface area contributed by atoms with Crippen LogP contribution in [0.3, 0.4) is 0 Å². The lowest BCUT2D eigenvalue weighted by Crippen LogP contribution is -2.29. The average molecular weight is 373 g/mol. The molecule has 6 nitrogen and oxygen atoms in total. The second kappa shape index (κ2) is 7.88. The van der Waals surface area contributed by atoms with E-state index in [2.05, 4.69) is 10.0 Å². The van der Waals surface area contributed by atoms with Crippen molar-refractivity contribution in [2.45, 2.75) is 24.2 Å². The van der Waals surface area contributed by atoms with E-state index in [0.29, 0.717) is 17.9 Å². The molecule has 2 aromatic carbocycles. The number of benzene rings is 2. The van der Waals surface area contributed by atoms with Crippen LogP contribution in [0.25, 0.3) is 0 Å². The fourth-order valence-electron chi connectivity index (χ4n) is 3.37. The van der Waals surface area contributed by atoms with Crippen molar-refractivity contribution in [3.63, 3.8) is 0 Å². The minimum Gasteiger partial charge on any atom is -0.330 e. The summed E-state index contributed by atoms with van der Waals surface area (Å²) in [5.41, 5.74) is 6.71. The topological polar surface area (TPSA) is 101 Å². The van der Waals surface area contributed by atoms with Gasteiger partial charge in [-0.2, -0.15) is 0 Å². The zero-order chi connectivity index (χ0) is 18.6. The molecule has 3 rings (SSSR count). The Balaban J connectivity index is 1.71. The first-order chi connectivity index (χ1) is 12.5. The summed E-state index contributed by atoms with van der Waals surface area (Å²) in [6.07, 6.45) is 2.83. The van der Waals surface area contributed by atoms with Crippen LogP contribution < -0.4 is 15.8 Å². The molecule has 0 spiro atoms. The molecule has 0 aliphatic heterocycles. The van der Waals surface area contributed by atoms with Gasteiger partial charge in [-0.15, -0.1) is 0 Å². The summed E-state index contributed by atoms with van der Waals surface area (Å²) in [6.45, 7) is 0.509. The standard InChI is InChI=1S/C19H23N3O3S/c20-13-14-6-4-11-18(14)19(23)21-15-7-5-8-16(12-15)22-26(24,25)17-9-2-1-3-10-17/h1-3,5,7-10,12,14,18,22H,4,6,11,13,20H2,(H,21,23)/t14-,18-/m1/s1. The molecule has 0 unspecified atom stereocenters. The number of hydrogen-bond donors (Lipinski definition) is 3. The molecule has 0 aromatic heterocycles. The molecule has 138 valence electrons. The van der Waals surface area contributed by atoms with Crippen LogP contribution >= 0.6 is 0 Å². The summed E-state index contributed by atoms with van der Waals surface area (Å²) in [7, 11) is -3.67. The molecule has 0 radical (unpaired) electrons. The maximum Gasteiger partial charge on any atom is 0.261 e. The largest absolute Gasteiger partial charge is 0.330 e. The van der Waals surface area contributed by atoms with Crippen molar-refractivity contribution in [3.8, 4) is 0 Å². The zero-order valence-electron chi connectivity index (χ0n) is 14.4. The molecule has 1 amide bonds. The lowest BCUT2D eigenvalue weighted by atomic mass is 9.95. The number of nitrogens with two attached hydrogens (primary N) is 1. The number of carbonyl (C=O) groups excluding carboxylic acids is 1. The van der Waals surface area contributed by atoms with Crippen molar-refractivity contribution in [3.05, 3.63) is 54.6 Å². The summed E-state index contributed by atoms with van der Waals surface area (Å²) in [4.78, 5) is 12.7. The summed E-state index contributed by atoms with van der Waals surface area (Å²) < 4.78 is 27.4. The van der Waals surface area contributed by atoms with E-state index in [1.165, 1.54) is 12.1 Å². The zero-order valence-corrected chi connectivity index (χ0v) is 15.2. The molecule has 7 heteroatoms. The smallest absolute Gasteiger partial charge is 0.261 e. The molecule has 4 N–H and O–H groups in total. The van der Waals surface area contributed by atoms with E-state index in [9.17, 15) is 13.2 Å². The summed E-state index contributed by atoms with van der Waals surface area (Å²) in [6, 6.07) is 14.9. The highest BCUT2D eigenvalue weighted by molar-refractivity contribution is 7.92. The molecule has 26 heavy (non-hydrogen) atoms. The third kappa shape index (κ3) is 4.23. The molecule has 0 bridgehead atoms. The molecule has 1 aliphatic rings. The minimum atomic E-state index is -3.67. The van der Waals surface area contributed by atoms with Gasteiger partial charge in [-0.3, -0.25) is 9.52 Å². The summed E-state index contributed by atoms with van der Waals surface area (Å²) in [5, 5.41) is 2.88. The Labute approximate surface area is 153 Å². The van der Waals surface area contributed by atoms with Crippen LogP contribution in [0.5, 0.6) is 0 Å². The van der Waals surface area contributed by atoms with Crippen molar-refractivity contribution in [2.75, 3.05) is 16.6 Å². The number of anilines is 2. The van der Waals surface area contributed by atoms with Crippen LogP contribution in [0.2, 0.25) is 0 Å². The van der Waals surface area contributed by atoms with Gasteiger partial charge in [0.25, 0.3) is 10.0 Å². The Morgan fingerprint density at radius 3 is 2.50 bits per heavy atom. The Bertz CT molecular complexity index is 869. The van der Waals surface area contributed by atoms with E-state index < -0.39 is 10.0 Å². The highest BCUT2D eigenvalue weighted by Gasteiger charge is 2.31. The maximum atomic E-state index is 12.5. The van der Waals surface area contributed by atoms with Crippen molar-refractivity contribution >= 4 is 27.3 Å². The fourth-order valence-corrected chi connectivity index (χ4v) is 4.44. The average Bonchev–Trinajstić information content (AvgIpc) is 3.11. The van der Waals surface area contributed by atoms with Crippen LogP contribution in [-0.4, -0.2) is 20.9 Å². The predicted molar refractivity (Wildman–Crippen MR) is 102 cm³/mol. The fraction of sp³-hybridized carbons (Fsp3) is 0.316. The van der Waals surface area contributed by atoms with Crippen LogP contribution in [0.15, 0.2) is 59.5 Å². The molecular weight excluding hydrogens is 350 g/mol. The number of sulfonamides is 1. The highest BCUT2D eigenvalue weighted by Crippen LogP contribution is 2.32. The first-order valence-electron chi connectivity index (χ1n) is 8.68. The van der Waals surface area contributed by atoms with Gasteiger partial charge in [-0.1, -0.05) is 30.7 Å². The maximum absolute atomic E-state index is 12.5. The lowest BCUT2D eigenvalue weighted by Gasteiger charge is -2.17. The Morgan fingerprint density at radius 2 is 1.77 bits per heavy atom. The second-order valence-electron chi connectivity index (χ2n) is 6.52. The third-order valence-corrected chi connectivity index (χ3v) is 6.13. The molecule has 1 aliphatic carbocycles. The van der Waals surface area contributed by atoms with E-state index in [1.54, 1.807) is 42.5 Å². The predicted octanol–water partition coefficient (Wildman–Crippen LogP) is 2.80. The van der Waals surface area contributed by atoms with Gasteiger partial charge < -0.3 is 11.1 Å². The Kier molecular flexibility index (Phi) is 5.58. The van der Waals surface area contributed by atoms with E-state index in [1.807, 2.05) is 0 Å². The Morgan fingerprint density at radius 1 is 1.04 bits per heavy atom. The van der Waals surface area contributed by atoms with Crippen molar-refractivity contribution in [1.82, 2.24) is 0 Å². The van der Waals surface area contributed by atoms with Crippen LogP contribution in [0, 0.1) is 11.8 Å². The molecule has 2 aromatic rings. The number of amides is 1. The first-order valence-corrected chi connectivity index (χ1v) is 10.2. The molecule has 0 heterocycles. The molecule has 1 fully saturated rings. The van der Waals surface area contributed by atoms with E-state index in [4.69, 9.17) is 5.73 Å². The van der Waals surface area contributed by atoms with Crippen LogP contribution in [0.1, 0.15) is 19.3 Å². The number of carbonyl (C=O) groups is 1. The second-order valence-corrected chi connectivity index (χ2v) is 8.20. The number of nitrogens with one attached hydrogen (secondary N) is 2. The first kappa shape index (κ1) is 18.4. The molecule has 1 saturated carbocycles.